The average Bonchev–Trinajstić information content (AvgIpc) is 3.24. The number of aromatic nitrogens is 2. The number of carbonyl (C=O) groups is 1. The second-order valence-electron chi connectivity index (χ2n) is 6.21. The lowest BCUT2D eigenvalue weighted by Crippen LogP contribution is -2.27. The number of H-pyrrole nitrogens is 2. The van der Waals surface area contributed by atoms with Crippen LogP contribution in [0.2, 0.25) is 0 Å². The Bertz CT molecular complexity index is 891. The number of nitrogens with zero attached hydrogens (tertiary/aromatic N) is 1. The number of nitrogens with one attached hydrogen (secondary N) is 2. The van der Waals surface area contributed by atoms with E-state index in [2.05, 4.69) is 9.97 Å². The van der Waals surface area contributed by atoms with Crippen LogP contribution in [0.4, 0.5) is 0 Å². The van der Waals surface area contributed by atoms with E-state index in [1.807, 2.05) is 24.3 Å². The van der Waals surface area contributed by atoms with Crippen LogP contribution >= 0.6 is 0 Å². The molecule has 2 N–H and O–H groups in total. The summed E-state index contributed by atoms with van der Waals surface area (Å²) >= 11 is 0. The van der Waals surface area contributed by atoms with Gasteiger partial charge in [-0.15, -0.1) is 0 Å². The molecule has 7 heteroatoms. The van der Waals surface area contributed by atoms with Gasteiger partial charge >= 0.3 is 5.69 Å². The molecule has 0 aliphatic carbocycles. The summed E-state index contributed by atoms with van der Waals surface area (Å²) in [6, 6.07) is 7.55. The summed E-state index contributed by atoms with van der Waals surface area (Å²) in [7, 11) is 0. The molecule has 3 heterocycles. The SMILES string of the molecule is O=C(c1ccc(C2CCOC2)cc1)N1Cc2[nH]c(=O)[nH]c(=O)c2C1. The van der Waals surface area contributed by atoms with Gasteiger partial charge in [0.05, 0.1) is 25.3 Å². The number of aromatic amines is 2. The number of amides is 1. The van der Waals surface area contributed by atoms with E-state index in [-0.39, 0.29) is 19.0 Å². The largest absolute Gasteiger partial charge is 0.381 e. The minimum atomic E-state index is -0.545. The first kappa shape index (κ1) is 14.9. The van der Waals surface area contributed by atoms with Crippen molar-refractivity contribution in [2.45, 2.75) is 25.4 Å². The minimum Gasteiger partial charge on any atom is -0.381 e. The molecule has 0 radical (unpaired) electrons. The van der Waals surface area contributed by atoms with Gasteiger partial charge in [-0.2, -0.15) is 0 Å². The summed E-state index contributed by atoms with van der Waals surface area (Å²) in [6.07, 6.45) is 1.00. The van der Waals surface area contributed by atoms with Crippen molar-refractivity contribution in [1.29, 1.82) is 0 Å². The van der Waals surface area contributed by atoms with Crippen LogP contribution in [0.15, 0.2) is 33.9 Å². The van der Waals surface area contributed by atoms with Crippen molar-refractivity contribution < 1.29 is 9.53 Å². The maximum atomic E-state index is 12.6. The van der Waals surface area contributed by atoms with Gasteiger partial charge in [0.1, 0.15) is 0 Å². The maximum absolute atomic E-state index is 12.6. The Morgan fingerprint density at radius 1 is 1.12 bits per heavy atom. The molecular formula is C17H17N3O4. The summed E-state index contributed by atoms with van der Waals surface area (Å²) in [4.78, 5) is 42.1. The van der Waals surface area contributed by atoms with Gasteiger partial charge in [0.15, 0.2) is 0 Å². The molecule has 1 atom stereocenters. The maximum Gasteiger partial charge on any atom is 0.325 e. The number of carbonyl (C=O) groups excluding carboxylic acids is 1. The van der Waals surface area contributed by atoms with Crippen LogP contribution in [-0.2, 0) is 17.8 Å². The standard InChI is InChI=1S/C17H17N3O4/c21-15-13-7-20(8-14(13)18-17(23)19-15)16(22)11-3-1-10(2-4-11)12-5-6-24-9-12/h1-4,12H,5-9H2,(H2,18,19,21,23). The van der Waals surface area contributed by atoms with Crippen molar-refractivity contribution in [3.63, 3.8) is 0 Å². The van der Waals surface area contributed by atoms with E-state index in [1.54, 1.807) is 4.90 Å². The highest BCUT2D eigenvalue weighted by Crippen LogP contribution is 2.26. The Kier molecular flexibility index (Phi) is 3.57. The van der Waals surface area contributed by atoms with Crippen molar-refractivity contribution in [2.75, 3.05) is 13.2 Å². The highest BCUT2D eigenvalue weighted by atomic mass is 16.5. The van der Waals surface area contributed by atoms with Crippen LogP contribution in [0.25, 0.3) is 0 Å². The fourth-order valence-corrected chi connectivity index (χ4v) is 3.32. The second kappa shape index (κ2) is 5.76. The molecule has 2 aliphatic rings. The summed E-state index contributed by atoms with van der Waals surface area (Å²) in [6.45, 7) is 1.96. The van der Waals surface area contributed by atoms with Crippen molar-refractivity contribution in [3.8, 4) is 0 Å². The molecule has 1 saturated heterocycles. The number of benzene rings is 1. The summed E-state index contributed by atoms with van der Waals surface area (Å²) in [5.74, 6) is 0.245. The van der Waals surface area contributed by atoms with Crippen LogP contribution in [0.1, 0.15) is 39.5 Å². The zero-order valence-corrected chi connectivity index (χ0v) is 13.0. The monoisotopic (exact) mass is 327 g/mol. The van der Waals surface area contributed by atoms with Gasteiger partial charge in [-0.1, -0.05) is 12.1 Å². The molecule has 1 fully saturated rings. The lowest BCUT2D eigenvalue weighted by Gasteiger charge is -2.16. The van der Waals surface area contributed by atoms with E-state index in [0.717, 1.165) is 19.6 Å². The van der Waals surface area contributed by atoms with E-state index in [0.29, 0.717) is 22.7 Å². The smallest absolute Gasteiger partial charge is 0.325 e. The van der Waals surface area contributed by atoms with Crippen molar-refractivity contribution >= 4 is 5.91 Å². The van der Waals surface area contributed by atoms with Crippen molar-refractivity contribution in [2.24, 2.45) is 0 Å². The van der Waals surface area contributed by atoms with E-state index in [1.165, 1.54) is 5.56 Å². The third kappa shape index (κ3) is 2.56. The van der Waals surface area contributed by atoms with Crippen LogP contribution in [-0.4, -0.2) is 34.0 Å². The first-order valence-electron chi connectivity index (χ1n) is 7.93. The molecule has 0 bridgehead atoms. The fraction of sp³-hybridized carbons (Fsp3) is 0.353. The Morgan fingerprint density at radius 2 is 1.92 bits per heavy atom. The Hall–Kier alpha value is -2.67. The van der Waals surface area contributed by atoms with Gasteiger partial charge in [-0.25, -0.2) is 4.79 Å². The third-order valence-corrected chi connectivity index (χ3v) is 4.67. The number of ether oxygens (including phenoxy) is 1. The molecule has 1 amide bonds. The van der Waals surface area contributed by atoms with Crippen LogP contribution < -0.4 is 11.2 Å². The van der Waals surface area contributed by atoms with Gasteiger partial charge in [0.2, 0.25) is 0 Å². The predicted octanol–water partition coefficient (Wildman–Crippen LogP) is 0.723. The number of hydrogen-bond acceptors (Lipinski definition) is 4. The molecule has 1 unspecified atom stereocenters. The molecule has 2 aliphatic heterocycles. The lowest BCUT2D eigenvalue weighted by molar-refractivity contribution is 0.0750. The van der Waals surface area contributed by atoms with Crippen molar-refractivity contribution in [1.82, 2.24) is 14.9 Å². The Morgan fingerprint density at radius 3 is 2.62 bits per heavy atom. The average molecular weight is 327 g/mol. The summed E-state index contributed by atoms with van der Waals surface area (Å²) < 4.78 is 5.39. The van der Waals surface area contributed by atoms with Gasteiger partial charge < -0.3 is 14.6 Å². The predicted molar refractivity (Wildman–Crippen MR) is 85.9 cm³/mol. The number of fused-ring (bicyclic) bond motifs is 1. The lowest BCUT2D eigenvalue weighted by atomic mass is 9.97. The van der Waals surface area contributed by atoms with E-state index < -0.39 is 11.2 Å². The summed E-state index contributed by atoms with van der Waals surface area (Å²) in [5, 5.41) is 0. The van der Waals surface area contributed by atoms with Crippen molar-refractivity contribution in [3.05, 3.63) is 67.5 Å². The molecule has 0 saturated carbocycles. The molecule has 24 heavy (non-hydrogen) atoms. The zero-order valence-electron chi connectivity index (χ0n) is 13.0. The molecule has 0 spiro atoms. The first-order chi connectivity index (χ1) is 11.6. The second-order valence-corrected chi connectivity index (χ2v) is 6.21. The van der Waals surface area contributed by atoms with Gasteiger partial charge in [0, 0.05) is 23.8 Å². The van der Waals surface area contributed by atoms with E-state index >= 15 is 0 Å². The number of rotatable bonds is 2. The Labute approximate surface area is 137 Å². The zero-order chi connectivity index (χ0) is 16.7. The summed E-state index contributed by atoms with van der Waals surface area (Å²) in [5.41, 5.74) is 1.73. The fourth-order valence-electron chi connectivity index (χ4n) is 3.32. The molecule has 1 aromatic carbocycles. The highest BCUT2D eigenvalue weighted by Gasteiger charge is 2.27. The van der Waals surface area contributed by atoms with Gasteiger partial charge in [-0.3, -0.25) is 14.6 Å². The highest BCUT2D eigenvalue weighted by molar-refractivity contribution is 5.94. The van der Waals surface area contributed by atoms with Crippen LogP contribution in [0, 0.1) is 0 Å². The molecule has 124 valence electrons. The molecule has 4 rings (SSSR count). The molecular weight excluding hydrogens is 310 g/mol. The van der Waals surface area contributed by atoms with Gasteiger partial charge in [0.25, 0.3) is 11.5 Å². The third-order valence-electron chi connectivity index (χ3n) is 4.67. The topological polar surface area (TPSA) is 95.3 Å². The van der Waals surface area contributed by atoms with E-state index in [9.17, 15) is 14.4 Å². The van der Waals surface area contributed by atoms with Crippen LogP contribution in [0.5, 0.6) is 0 Å². The molecule has 7 nitrogen and oxygen atoms in total. The molecule has 1 aromatic heterocycles. The molecule has 2 aromatic rings. The van der Waals surface area contributed by atoms with Crippen LogP contribution in [0.3, 0.4) is 0 Å². The Balaban J connectivity index is 1.53. The quantitative estimate of drug-likeness (QED) is 0.850. The normalized spacial score (nSPS) is 19.5. The van der Waals surface area contributed by atoms with E-state index in [4.69, 9.17) is 4.74 Å². The van der Waals surface area contributed by atoms with Gasteiger partial charge in [-0.05, 0) is 24.1 Å². The minimum absolute atomic E-state index is 0.152. The first-order valence-corrected chi connectivity index (χ1v) is 7.93. The number of hydrogen-bond donors (Lipinski definition) is 2.